The zero-order valence-corrected chi connectivity index (χ0v) is 14.3. The molecule has 0 saturated heterocycles. The predicted molar refractivity (Wildman–Crippen MR) is 85.8 cm³/mol. The van der Waals surface area contributed by atoms with Crippen LogP contribution in [0.3, 0.4) is 0 Å². The van der Waals surface area contributed by atoms with Crippen LogP contribution in [-0.4, -0.2) is 17.9 Å². The Morgan fingerprint density at radius 2 is 1.37 bits per heavy atom. The lowest BCUT2D eigenvalue weighted by Gasteiger charge is -2.06. The van der Waals surface area contributed by atoms with Gasteiger partial charge in [0, 0.05) is 11.8 Å². The Kier molecular flexibility index (Phi) is 14.3. The first-order chi connectivity index (χ1) is 9.16. The second-order valence-electron chi connectivity index (χ2n) is 5.70. The third-order valence-electron chi connectivity index (χ3n) is 3.09. The van der Waals surface area contributed by atoms with Gasteiger partial charge in [-0.3, -0.25) is 4.79 Å². The van der Waals surface area contributed by atoms with Crippen LogP contribution in [0.5, 0.6) is 0 Å². The van der Waals surface area contributed by atoms with E-state index in [9.17, 15) is 4.79 Å². The van der Waals surface area contributed by atoms with Crippen molar-refractivity contribution in [2.24, 2.45) is 5.92 Å². The molecule has 0 spiro atoms. The number of rotatable bonds is 13. The molecular weight excluding hydrogens is 304 g/mol. The third kappa shape index (κ3) is 15.9. The maximum absolute atomic E-state index is 11.4. The zero-order valence-electron chi connectivity index (χ0n) is 12.8. The van der Waals surface area contributed by atoms with Crippen molar-refractivity contribution in [3.8, 4) is 0 Å². The zero-order chi connectivity index (χ0) is 14.3. The minimum absolute atomic E-state index is 0.0246. The maximum Gasteiger partial charge on any atom is 0.305 e. The molecule has 3 heteroatoms. The molecule has 0 rings (SSSR count). The van der Waals surface area contributed by atoms with Crippen molar-refractivity contribution < 1.29 is 9.53 Å². The van der Waals surface area contributed by atoms with Gasteiger partial charge < -0.3 is 4.74 Å². The molecule has 0 amide bonds. The Hall–Kier alpha value is -0.0500. The van der Waals surface area contributed by atoms with Crippen molar-refractivity contribution in [3.05, 3.63) is 0 Å². The van der Waals surface area contributed by atoms with Crippen LogP contribution < -0.4 is 0 Å². The highest BCUT2D eigenvalue weighted by Crippen LogP contribution is 2.11. The second kappa shape index (κ2) is 14.4. The number of carbonyl (C=O) groups is 1. The lowest BCUT2D eigenvalue weighted by molar-refractivity contribution is -0.144. The van der Waals surface area contributed by atoms with Crippen molar-refractivity contribution in [3.63, 3.8) is 0 Å². The van der Waals surface area contributed by atoms with Crippen molar-refractivity contribution in [1.29, 1.82) is 0 Å². The van der Waals surface area contributed by atoms with Gasteiger partial charge in [-0.15, -0.1) is 0 Å². The second-order valence-corrected chi connectivity index (χ2v) is 6.49. The molecule has 114 valence electrons. The normalized spacial score (nSPS) is 10.9. The molecule has 0 atom stereocenters. The standard InChI is InChI=1S/C16H31BrO2/c1-15(2)14-19-16(18)12-10-8-6-4-3-5-7-9-11-13-17/h15H,3-14H2,1-2H3. The highest BCUT2D eigenvalue weighted by atomic mass is 79.9. The molecule has 0 fully saturated rings. The molecule has 0 aliphatic carbocycles. The molecule has 19 heavy (non-hydrogen) atoms. The van der Waals surface area contributed by atoms with Crippen LogP contribution in [0, 0.1) is 5.92 Å². The molecule has 0 N–H and O–H groups in total. The first kappa shape index (κ1) is 18.9. The smallest absolute Gasteiger partial charge is 0.305 e. The van der Waals surface area contributed by atoms with Crippen molar-refractivity contribution in [1.82, 2.24) is 0 Å². The molecule has 0 radical (unpaired) electrons. The highest BCUT2D eigenvalue weighted by molar-refractivity contribution is 9.09. The van der Waals surface area contributed by atoms with Gasteiger partial charge in [-0.25, -0.2) is 0 Å². The molecule has 0 aromatic carbocycles. The Morgan fingerprint density at radius 3 is 1.84 bits per heavy atom. The van der Waals surface area contributed by atoms with Crippen LogP contribution in [-0.2, 0) is 9.53 Å². The van der Waals surface area contributed by atoms with Crippen molar-refractivity contribution in [2.45, 2.75) is 78.1 Å². The molecular formula is C16H31BrO2. The summed E-state index contributed by atoms with van der Waals surface area (Å²) in [7, 11) is 0. The number of hydrogen-bond donors (Lipinski definition) is 0. The summed E-state index contributed by atoms with van der Waals surface area (Å²) in [5.74, 6) is 0.414. The van der Waals surface area contributed by atoms with E-state index in [1.807, 2.05) is 0 Å². The van der Waals surface area contributed by atoms with Gasteiger partial charge in [-0.05, 0) is 18.8 Å². The molecule has 0 unspecified atom stereocenters. The minimum Gasteiger partial charge on any atom is -0.465 e. The Labute approximate surface area is 127 Å². The first-order valence-corrected chi connectivity index (χ1v) is 9.00. The summed E-state index contributed by atoms with van der Waals surface area (Å²) >= 11 is 3.45. The summed E-state index contributed by atoms with van der Waals surface area (Å²) in [5, 5.41) is 1.14. The van der Waals surface area contributed by atoms with Crippen LogP contribution in [0.1, 0.15) is 78.1 Å². The van der Waals surface area contributed by atoms with Crippen LogP contribution in [0.2, 0.25) is 0 Å². The maximum atomic E-state index is 11.4. The van der Waals surface area contributed by atoms with E-state index in [0.29, 0.717) is 18.9 Å². The van der Waals surface area contributed by atoms with Crippen LogP contribution >= 0.6 is 15.9 Å². The van der Waals surface area contributed by atoms with Gasteiger partial charge in [0.05, 0.1) is 6.61 Å². The van der Waals surface area contributed by atoms with Gasteiger partial charge in [-0.1, -0.05) is 74.7 Å². The van der Waals surface area contributed by atoms with Gasteiger partial charge in [0.15, 0.2) is 0 Å². The number of esters is 1. The molecule has 0 aromatic rings. The van der Waals surface area contributed by atoms with Gasteiger partial charge in [-0.2, -0.15) is 0 Å². The molecule has 0 aliphatic heterocycles. The Morgan fingerprint density at radius 1 is 0.895 bits per heavy atom. The highest BCUT2D eigenvalue weighted by Gasteiger charge is 2.03. The lowest BCUT2D eigenvalue weighted by Crippen LogP contribution is -2.09. The number of hydrogen-bond acceptors (Lipinski definition) is 2. The Bertz CT molecular complexity index is 205. The molecule has 2 nitrogen and oxygen atoms in total. The summed E-state index contributed by atoms with van der Waals surface area (Å²) in [6.45, 7) is 4.68. The van der Waals surface area contributed by atoms with E-state index in [1.54, 1.807) is 0 Å². The van der Waals surface area contributed by atoms with E-state index >= 15 is 0 Å². The van der Waals surface area contributed by atoms with E-state index < -0.39 is 0 Å². The molecule has 0 heterocycles. The van der Waals surface area contributed by atoms with E-state index in [2.05, 4.69) is 29.8 Å². The van der Waals surface area contributed by atoms with Crippen LogP contribution in [0.4, 0.5) is 0 Å². The summed E-state index contributed by atoms with van der Waals surface area (Å²) in [6.07, 6.45) is 12.1. The largest absolute Gasteiger partial charge is 0.465 e. The molecule has 0 saturated carbocycles. The quantitative estimate of drug-likeness (QED) is 0.253. The number of halogens is 1. The van der Waals surface area contributed by atoms with E-state index in [4.69, 9.17) is 4.74 Å². The number of ether oxygens (including phenoxy) is 1. The Balaban J connectivity index is 3.11. The summed E-state index contributed by atoms with van der Waals surface area (Å²) < 4.78 is 5.14. The predicted octanol–water partition coefficient (Wildman–Crippen LogP) is 5.48. The summed E-state index contributed by atoms with van der Waals surface area (Å²) in [4.78, 5) is 11.4. The molecule has 0 aliphatic rings. The van der Waals surface area contributed by atoms with Gasteiger partial charge in [0.2, 0.25) is 0 Å². The average Bonchev–Trinajstić information content (AvgIpc) is 2.38. The average molecular weight is 335 g/mol. The summed E-state index contributed by atoms with van der Waals surface area (Å²) in [5.41, 5.74) is 0. The van der Waals surface area contributed by atoms with Crippen LogP contribution in [0.25, 0.3) is 0 Å². The number of carbonyl (C=O) groups excluding carboxylic acids is 1. The van der Waals surface area contributed by atoms with Crippen LogP contribution in [0.15, 0.2) is 0 Å². The fraction of sp³-hybridized carbons (Fsp3) is 0.938. The lowest BCUT2D eigenvalue weighted by atomic mass is 10.1. The summed E-state index contributed by atoms with van der Waals surface area (Å²) in [6, 6.07) is 0. The number of unbranched alkanes of at least 4 members (excludes halogenated alkanes) is 8. The topological polar surface area (TPSA) is 26.3 Å². The number of alkyl halides is 1. The van der Waals surface area contributed by atoms with E-state index in [-0.39, 0.29) is 5.97 Å². The van der Waals surface area contributed by atoms with Crippen molar-refractivity contribution in [2.75, 3.05) is 11.9 Å². The monoisotopic (exact) mass is 334 g/mol. The van der Waals surface area contributed by atoms with E-state index in [0.717, 1.165) is 18.2 Å². The SMILES string of the molecule is CC(C)COC(=O)CCCCCCCCCCCBr. The molecule has 0 aromatic heterocycles. The third-order valence-corrected chi connectivity index (χ3v) is 3.65. The van der Waals surface area contributed by atoms with Gasteiger partial charge in [0.1, 0.15) is 0 Å². The molecule has 0 bridgehead atoms. The minimum atomic E-state index is -0.0246. The fourth-order valence-electron chi connectivity index (χ4n) is 1.93. The first-order valence-electron chi connectivity index (χ1n) is 7.88. The van der Waals surface area contributed by atoms with Gasteiger partial charge in [0.25, 0.3) is 0 Å². The van der Waals surface area contributed by atoms with E-state index in [1.165, 1.54) is 44.9 Å². The fourth-order valence-corrected chi connectivity index (χ4v) is 2.33. The van der Waals surface area contributed by atoms with Gasteiger partial charge >= 0.3 is 5.97 Å². The van der Waals surface area contributed by atoms with Crippen molar-refractivity contribution >= 4 is 21.9 Å².